The molecule has 0 fully saturated rings. The normalized spacial score (nSPS) is 11.8. The van der Waals surface area contributed by atoms with Gasteiger partial charge < -0.3 is 4.42 Å². The maximum absolute atomic E-state index is 6.50. The molecule has 0 amide bonds. The average Bonchev–Trinajstić information content (AvgIpc) is 3.83. The molecule has 0 radical (unpaired) electrons. The summed E-state index contributed by atoms with van der Waals surface area (Å²) >= 11 is 0. The van der Waals surface area contributed by atoms with Crippen LogP contribution in [0.2, 0.25) is 0 Å². The van der Waals surface area contributed by atoms with E-state index in [1.54, 1.807) is 0 Å². The molecular formula is C53H32N4O. The van der Waals surface area contributed by atoms with E-state index in [2.05, 4.69) is 187 Å². The maximum atomic E-state index is 6.50. The van der Waals surface area contributed by atoms with E-state index in [0.29, 0.717) is 17.6 Å². The third-order valence-corrected chi connectivity index (χ3v) is 11.4. The van der Waals surface area contributed by atoms with E-state index in [4.69, 9.17) is 19.4 Å². The number of fused-ring (bicyclic) bond motifs is 8. The Bertz CT molecular complexity index is 3530. The van der Waals surface area contributed by atoms with Gasteiger partial charge in [-0.05, 0) is 86.3 Å². The largest absolute Gasteiger partial charge is 0.456 e. The van der Waals surface area contributed by atoms with Crippen LogP contribution in [0.15, 0.2) is 199 Å². The van der Waals surface area contributed by atoms with Crippen LogP contribution in [0.25, 0.3) is 116 Å². The van der Waals surface area contributed by atoms with Crippen molar-refractivity contribution in [1.29, 1.82) is 0 Å². The van der Waals surface area contributed by atoms with Crippen LogP contribution >= 0.6 is 0 Å². The van der Waals surface area contributed by atoms with E-state index in [1.165, 1.54) is 21.9 Å². The summed E-state index contributed by atoms with van der Waals surface area (Å²) in [6.07, 6.45) is 0. The molecule has 0 unspecified atom stereocenters. The molecule has 12 rings (SSSR count). The first-order valence-corrected chi connectivity index (χ1v) is 19.5. The van der Waals surface area contributed by atoms with Crippen molar-refractivity contribution in [3.8, 4) is 51.0 Å². The van der Waals surface area contributed by atoms with Crippen molar-refractivity contribution < 1.29 is 4.42 Å². The van der Waals surface area contributed by atoms with Crippen LogP contribution in [0.3, 0.4) is 0 Å². The second-order valence-corrected chi connectivity index (χ2v) is 14.8. The standard InChI is InChI=1S/C53H32N4O/c1-2-12-36-29-40(28-27-33(36)11-1)35-25-23-34(24-26-35)37-15-9-16-41(30-37)51-54-52(56-53(55-51)57-46-20-7-5-17-42(46)43-18-6-8-21-47(43)57)44-19-10-22-48-50(44)45-31-38-13-3-4-14-39(38)32-49(45)58-48/h1-32H. The van der Waals surface area contributed by atoms with Gasteiger partial charge in [0.25, 0.3) is 0 Å². The molecule has 0 aliphatic heterocycles. The molecule has 5 heteroatoms. The van der Waals surface area contributed by atoms with Gasteiger partial charge in [-0.3, -0.25) is 4.57 Å². The van der Waals surface area contributed by atoms with E-state index in [1.807, 2.05) is 12.1 Å². The molecule has 0 aliphatic carbocycles. The fraction of sp³-hybridized carbons (Fsp3) is 0. The lowest BCUT2D eigenvalue weighted by Gasteiger charge is -2.12. The lowest BCUT2D eigenvalue weighted by molar-refractivity contribution is 0.669. The smallest absolute Gasteiger partial charge is 0.238 e. The molecule has 9 aromatic carbocycles. The van der Waals surface area contributed by atoms with Gasteiger partial charge in [0.2, 0.25) is 5.95 Å². The minimum Gasteiger partial charge on any atom is -0.456 e. The molecule has 58 heavy (non-hydrogen) atoms. The SMILES string of the molecule is c1cc(-c2ccc(-c3ccc4ccccc4c3)cc2)cc(-c2nc(-c3cccc4oc5cc6ccccc6cc5c34)nc(-n3c4ccccc4c4ccccc43)n2)c1. The van der Waals surface area contributed by atoms with Crippen molar-refractivity contribution in [2.45, 2.75) is 0 Å². The number of aromatic nitrogens is 4. The molecule has 270 valence electrons. The Morgan fingerprint density at radius 3 is 1.66 bits per heavy atom. The van der Waals surface area contributed by atoms with Crippen molar-refractivity contribution in [3.05, 3.63) is 194 Å². The van der Waals surface area contributed by atoms with Gasteiger partial charge in [0, 0.05) is 32.7 Å². The Balaban J connectivity index is 1.04. The van der Waals surface area contributed by atoms with Crippen LogP contribution in [0, 0.1) is 0 Å². The van der Waals surface area contributed by atoms with Crippen molar-refractivity contribution in [2.24, 2.45) is 0 Å². The summed E-state index contributed by atoms with van der Waals surface area (Å²) in [5, 5.41) is 9.06. The molecule has 12 aromatic rings. The molecule has 0 N–H and O–H groups in total. The number of furan rings is 1. The third-order valence-electron chi connectivity index (χ3n) is 11.4. The minimum atomic E-state index is 0.554. The van der Waals surface area contributed by atoms with Crippen molar-refractivity contribution >= 4 is 65.3 Å². The van der Waals surface area contributed by atoms with Gasteiger partial charge in [0.05, 0.1) is 11.0 Å². The zero-order valence-electron chi connectivity index (χ0n) is 31.2. The number of hydrogen-bond acceptors (Lipinski definition) is 4. The molecule has 0 bridgehead atoms. The molecule has 0 aliphatic rings. The van der Waals surface area contributed by atoms with Gasteiger partial charge >= 0.3 is 0 Å². The zero-order valence-corrected chi connectivity index (χ0v) is 31.2. The second kappa shape index (κ2) is 12.8. The number of para-hydroxylation sites is 2. The third kappa shape index (κ3) is 5.21. The molecule has 3 heterocycles. The van der Waals surface area contributed by atoms with Gasteiger partial charge in [0.15, 0.2) is 11.6 Å². The summed E-state index contributed by atoms with van der Waals surface area (Å²) < 4.78 is 8.66. The maximum Gasteiger partial charge on any atom is 0.238 e. The summed E-state index contributed by atoms with van der Waals surface area (Å²) in [6.45, 7) is 0. The number of benzene rings is 9. The first-order chi connectivity index (χ1) is 28.7. The highest BCUT2D eigenvalue weighted by Gasteiger charge is 2.21. The highest BCUT2D eigenvalue weighted by Crippen LogP contribution is 2.39. The second-order valence-electron chi connectivity index (χ2n) is 14.8. The molecule has 5 nitrogen and oxygen atoms in total. The predicted octanol–water partition coefficient (Wildman–Crippen LogP) is 13.8. The van der Waals surface area contributed by atoms with Crippen LogP contribution in [-0.2, 0) is 0 Å². The summed E-state index contributed by atoms with van der Waals surface area (Å²) in [5.74, 6) is 1.72. The summed E-state index contributed by atoms with van der Waals surface area (Å²) in [7, 11) is 0. The van der Waals surface area contributed by atoms with Gasteiger partial charge in [-0.2, -0.15) is 9.97 Å². The van der Waals surface area contributed by atoms with Crippen molar-refractivity contribution in [1.82, 2.24) is 19.5 Å². The Morgan fingerprint density at radius 1 is 0.345 bits per heavy atom. The highest BCUT2D eigenvalue weighted by atomic mass is 16.3. The quantitative estimate of drug-likeness (QED) is 0.176. The summed E-state index contributed by atoms with van der Waals surface area (Å²) in [5.41, 5.74) is 10.0. The predicted molar refractivity (Wildman–Crippen MR) is 238 cm³/mol. The van der Waals surface area contributed by atoms with Crippen LogP contribution < -0.4 is 0 Å². The van der Waals surface area contributed by atoms with Crippen LogP contribution in [0.4, 0.5) is 0 Å². The molecule has 3 aromatic heterocycles. The first kappa shape index (κ1) is 32.4. The van der Waals surface area contributed by atoms with Crippen LogP contribution in [0.1, 0.15) is 0 Å². The van der Waals surface area contributed by atoms with E-state index in [9.17, 15) is 0 Å². The number of nitrogens with zero attached hydrogens (tertiary/aromatic N) is 4. The van der Waals surface area contributed by atoms with Gasteiger partial charge in [-0.25, -0.2) is 4.98 Å². The number of rotatable bonds is 5. The molecule has 0 saturated heterocycles. The summed E-state index contributed by atoms with van der Waals surface area (Å²) in [6, 6.07) is 68.2. The number of hydrogen-bond donors (Lipinski definition) is 0. The van der Waals surface area contributed by atoms with Crippen LogP contribution in [-0.4, -0.2) is 19.5 Å². The fourth-order valence-electron chi connectivity index (χ4n) is 8.61. The Labute approximate surface area is 333 Å². The zero-order chi connectivity index (χ0) is 38.2. The van der Waals surface area contributed by atoms with E-state index < -0.39 is 0 Å². The topological polar surface area (TPSA) is 56.7 Å². The minimum absolute atomic E-state index is 0.554. The Kier molecular flexibility index (Phi) is 7.16. The monoisotopic (exact) mass is 740 g/mol. The van der Waals surface area contributed by atoms with Crippen molar-refractivity contribution in [3.63, 3.8) is 0 Å². The van der Waals surface area contributed by atoms with Crippen molar-refractivity contribution in [2.75, 3.05) is 0 Å². The molecular weight excluding hydrogens is 709 g/mol. The fourth-order valence-corrected chi connectivity index (χ4v) is 8.61. The Hall–Kier alpha value is -7.89. The Morgan fingerprint density at radius 2 is 0.914 bits per heavy atom. The highest BCUT2D eigenvalue weighted by molar-refractivity contribution is 6.15. The average molecular weight is 741 g/mol. The molecule has 0 spiro atoms. The van der Waals surface area contributed by atoms with Gasteiger partial charge in [-0.15, -0.1) is 0 Å². The van der Waals surface area contributed by atoms with E-state index in [-0.39, 0.29) is 0 Å². The van der Waals surface area contributed by atoms with E-state index >= 15 is 0 Å². The lowest BCUT2D eigenvalue weighted by Crippen LogP contribution is -2.06. The van der Waals surface area contributed by atoms with Gasteiger partial charge in [0.1, 0.15) is 11.2 Å². The summed E-state index contributed by atoms with van der Waals surface area (Å²) in [4.78, 5) is 15.9. The molecule has 0 saturated carbocycles. The van der Waals surface area contributed by atoms with Gasteiger partial charge in [-0.1, -0.05) is 152 Å². The first-order valence-electron chi connectivity index (χ1n) is 19.5. The van der Waals surface area contributed by atoms with Crippen LogP contribution in [0.5, 0.6) is 0 Å². The lowest BCUT2D eigenvalue weighted by atomic mass is 9.97. The molecule has 0 atom stereocenters. The van der Waals surface area contributed by atoms with E-state index in [0.717, 1.165) is 76.8 Å².